The molecule has 1 aliphatic rings. The molecule has 1 fully saturated rings. The van der Waals surface area contributed by atoms with Crippen LogP contribution in [0, 0.1) is 11.8 Å². The number of hydrogen-bond donors (Lipinski definition) is 2. The van der Waals surface area contributed by atoms with E-state index in [1.54, 1.807) is 0 Å². The Labute approximate surface area is 113 Å². The summed E-state index contributed by atoms with van der Waals surface area (Å²) in [5.74, 6) is -1.30. The minimum Gasteiger partial charge on any atom is -0.480 e. The quantitative estimate of drug-likeness (QED) is 0.739. The zero-order valence-corrected chi connectivity index (χ0v) is 12.1. The third-order valence-electron chi connectivity index (χ3n) is 3.14. The van der Waals surface area contributed by atoms with E-state index in [0.29, 0.717) is 12.8 Å². The van der Waals surface area contributed by atoms with Crippen LogP contribution in [0.25, 0.3) is 0 Å². The van der Waals surface area contributed by atoms with Crippen LogP contribution in [0.4, 0.5) is 0 Å². The van der Waals surface area contributed by atoms with Crippen LogP contribution in [0.2, 0.25) is 0 Å². The lowest BCUT2D eigenvalue weighted by molar-refractivity contribution is -0.142. The average molecular weight is 291 g/mol. The fraction of sp³-hybridized carbons (Fsp3) is 0.833. The van der Waals surface area contributed by atoms with Gasteiger partial charge < -0.3 is 10.4 Å². The third-order valence-corrected chi connectivity index (χ3v) is 4.98. The number of sulfone groups is 1. The van der Waals surface area contributed by atoms with Crippen molar-refractivity contribution in [1.29, 1.82) is 0 Å². The number of amides is 1. The molecule has 0 saturated carbocycles. The molecule has 2 atom stereocenters. The Morgan fingerprint density at radius 1 is 1.37 bits per heavy atom. The highest BCUT2D eigenvalue weighted by Gasteiger charge is 2.30. The molecule has 7 heteroatoms. The Hall–Kier alpha value is -1.11. The van der Waals surface area contributed by atoms with Gasteiger partial charge in [-0.2, -0.15) is 0 Å². The second-order valence-electron chi connectivity index (χ2n) is 5.56. The smallest absolute Gasteiger partial charge is 0.326 e. The number of hydrogen-bond acceptors (Lipinski definition) is 4. The van der Waals surface area contributed by atoms with E-state index in [2.05, 4.69) is 5.32 Å². The van der Waals surface area contributed by atoms with E-state index in [-0.39, 0.29) is 35.7 Å². The molecule has 0 spiro atoms. The summed E-state index contributed by atoms with van der Waals surface area (Å²) in [6.45, 7) is 3.76. The summed E-state index contributed by atoms with van der Waals surface area (Å²) in [7, 11) is -3.00. The highest BCUT2D eigenvalue weighted by atomic mass is 32.2. The molecule has 0 aromatic rings. The van der Waals surface area contributed by atoms with Gasteiger partial charge >= 0.3 is 5.97 Å². The predicted octanol–water partition coefficient (Wildman–Crippen LogP) is 0.427. The molecule has 0 aromatic carbocycles. The lowest BCUT2D eigenvalue weighted by Crippen LogP contribution is -2.42. The van der Waals surface area contributed by atoms with Gasteiger partial charge in [-0.1, -0.05) is 13.8 Å². The second-order valence-corrected chi connectivity index (χ2v) is 7.79. The summed E-state index contributed by atoms with van der Waals surface area (Å²) in [6, 6.07) is -0.898. The summed E-state index contributed by atoms with van der Waals surface area (Å²) in [5.41, 5.74) is 0. The van der Waals surface area contributed by atoms with E-state index >= 15 is 0 Å². The molecule has 110 valence electrons. The van der Waals surface area contributed by atoms with Crippen molar-refractivity contribution in [3.8, 4) is 0 Å². The molecule has 1 amide bonds. The van der Waals surface area contributed by atoms with Crippen LogP contribution in [-0.2, 0) is 19.4 Å². The third kappa shape index (κ3) is 5.59. The summed E-state index contributed by atoms with van der Waals surface area (Å²) < 4.78 is 22.5. The van der Waals surface area contributed by atoms with Crippen LogP contribution >= 0.6 is 0 Å². The van der Waals surface area contributed by atoms with Crippen molar-refractivity contribution < 1.29 is 23.1 Å². The molecule has 1 heterocycles. The molecule has 2 N–H and O–H groups in total. The number of nitrogens with one attached hydrogen (secondary N) is 1. The van der Waals surface area contributed by atoms with Crippen LogP contribution in [0.1, 0.15) is 33.1 Å². The minimum absolute atomic E-state index is 0.0301. The van der Waals surface area contributed by atoms with Crippen molar-refractivity contribution in [2.24, 2.45) is 11.8 Å². The van der Waals surface area contributed by atoms with Crippen LogP contribution in [0.5, 0.6) is 0 Å². The normalized spacial score (nSPS) is 23.2. The van der Waals surface area contributed by atoms with Gasteiger partial charge in [0.15, 0.2) is 9.84 Å². The number of carboxylic acid groups (broad SMARTS) is 1. The fourth-order valence-corrected chi connectivity index (χ4v) is 4.10. The zero-order valence-electron chi connectivity index (χ0n) is 11.3. The monoisotopic (exact) mass is 291 g/mol. The molecule has 0 aliphatic carbocycles. The first-order chi connectivity index (χ1) is 8.69. The largest absolute Gasteiger partial charge is 0.480 e. The molecule has 0 bridgehead atoms. The molecular weight excluding hydrogens is 270 g/mol. The van der Waals surface area contributed by atoms with E-state index in [0.717, 1.165) is 0 Å². The highest BCUT2D eigenvalue weighted by Crippen LogP contribution is 2.21. The number of carbonyl (C=O) groups excluding carboxylic acids is 1. The van der Waals surface area contributed by atoms with Gasteiger partial charge in [0.1, 0.15) is 6.04 Å². The van der Waals surface area contributed by atoms with Crippen molar-refractivity contribution in [2.45, 2.75) is 39.2 Å². The molecule has 1 saturated heterocycles. The Morgan fingerprint density at radius 2 is 2.00 bits per heavy atom. The Balaban J connectivity index is 2.47. The van der Waals surface area contributed by atoms with Crippen LogP contribution in [0.3, 0.4) is 0 Å². The van der Waals surface area contributed by atoms with Gasteiger partial charge in [-0.05, 0) is 24.7 Å². The maximum atomic E-state index is 11.7. The molecule has 6 nitrogen and oxygen atoms in total. The SMILES string of the molecule is CC(C)CC(NC(=O)CC1CCS(=O)(=O)C1)C(=O)O. The number of rotatable bonds is 6. The maximum absolute atomic E-state index is 11.7. The first-order valence-corrected chi connectivity index (χ1v) is 8.24. The van der Waals surface area contributed by atoms with Gasteiger partial charge in [-0.15, -0.1) is 0 Å². The van der Waals surface area contributed by atoms with Gasteiger partial charge in [-0.25, -0.2) is 13.2 Å². The maximum Gasteiger partial charge on any atom is 0.326 e. The van der Waals surface area contributed by atoms with Crippen LogP contribution < -0.4 is 5.32 Å². The van der Waals surface area contributed by atoms with Crippen molar-refractivity contribution in [3.63, 3.8) is 0 Å². The van der Waals surface area contributed by atoms with Gasteiger partial charge in [0, 0.05) is 6.42 Å². The van der Waals surface area contributed by atoms with Crippen molar-refractivity contribution >= 4 is 21.7 Å². The standard InChI is InChI=1S/C12H21NO5S/c1-8(2)5-10(12(15)16)13-11(14)6-9-3-4-19(17,18)7-9/h8-10H,3-7H2,1-2H3,(H,13,14)(H,15,16). The van der Waals surface area contributed by atoms with Gasteiger partial charge in [0.05, 0.1) is 11.5 Å². The van der Waals surface area contributed by atoms with E-state index in [1.807, 2.05) is 13.8 Å². The molecule has 2 unspecified atom stereocenters. The lowest BCUT2D eigenvalue weighted by Gasteiger charge is -2.17. The van der Waals surface area contributed by atoms with E-state index in [1.165, 1.54) is 0 Å². The van der Waals surface area contributed by atoms with E-state index in [4.69, 9.17) is 5.11 Å². The lowest BCUT2D eigenvalue weighted by atomic mass is 10.0. The summed E-state index contributed by atoms with van der Waals surface area (Å²) in [6.07, 6.45) is 0.933. The zero-order chi connectivity index (χ0) is 14.6. The molecule has 0 aromatic heterocycles. The molecule has 19 heavy (non-hydrogen) atoms. The molecular formula is C12H21NO5S. The fourth-order valence-electron chi connectivity index (χ4n) is 2.24. The van der Waals surface area contributed by atoms with Crippen molar-refractivity contribution in [1.82, 2.24) is 5.32 Å². The first-order valence-electron chi connectivity index (χ1n) is 6.42. The van der Waals surface area contributed by atoms with Crippen LogP contribution in [-0.4, -0.2) is 42.9 Å². The summed E-state index contributed by atoms with van der Waals surface area (Å²) >= 11 is 0. The Bertz CT molecular complexity index is 443. The van der Waals surface area contributed by atoms with Gasteiger partial charge in [0.25, 0.3) is 0 Å². The predicted molar refractivity (Wildman–Crippen MR) is 70.4 cm³/mol. The summed E-state index contributed by atoms with van der Waals surface area (Å²) in [5, 5.41) is 11.5. The second kappa shape index (κ2) is 6.36. The number of carbonyl (C=O) groups is 2. The molecule has 0 radical (unpaired) electrons. The van der Waals surface area contributed by atoms with Crippen molar-refractivity contribution in [3.05, 3.63) is 0 Å². The van der Waals surface area contributed by atoms with E-state index in [9.17, 15) is 18.0 Å². The average Bonchev–Trinajstić information content (AvgIpc) is 2.56. The Kier molecular flexibility index (Phi) is 5.34. The topological polar surface area (TPSA) is 101 Å². The first kappa shape index (κ1) is 15.9. The highest BCUT2D eigenvalue weighted by molar-refractivity contribution is 7.91. The van der Waals surface area contributed by atoms with Crippen molar-refractivity contribution in [2.75, 3.05) is 11.5 Å². The number of aliphatic carboxylic acids is 1. The van der Waals surface area contributed by atoms with E-state index < -0.39 is 21.8 Å². The number of carboxylic acids is 1. The minimum atomic E-state index is -3.00. The van der Waals surface area contributed by atoms with Crippen LogP contribution in [0.15, 0.2) is 0 Å². The molecule has 1 aliphatic heterocycles. The van der Waals surface area contributed by atoms with Gasteiger partial charge in [-0.3, -0.25) is 4.79 Å². The summed E-state index contributed by atoms with van der Waals surface area (Å²) in [4.78, 5) is 22.7. The Morgan fingerprint density at radius 3 is 2.42 bits per heavy atom. The molecule has 1 rings (SSSR count). The van der Waals surface area contributed by atoms with Gasteiger partial charge in [0.2, 0.25) is 5.91 Å².